The Morgan fingerprint density at radius 2 is 1.90 bits per heavy atom. The van der Waals surface area contributed by atoms with Gasteiger partial charge in [-0.1, -0.05) is 51.4 Å². The van der Waals surface area contributed by atoms with Crippen LogP contribution in [0.5, 0.6) is 0 Å². The molecular weight excluding hydrogens is 476 g/mol. The molecule has 0 spiro atoms. The molecule has 1 atom stereocenters. The SMILES string of the molecule is CCOC(=O)/C(C#N)=C1\S[C@H](Cc2ccc(Cl)cc2)C(=O)N1c1ccc(Br)cc1. The average Bonchev–Trinajstić information content (AvgIpc) is 3.01. The van der Waals surface area contributed by atoms with E-state index in [4.69, 9.17) is 16.3 Å². The van der Waals surface area contributed by atoms with E-state index in [9.17, 15) is 14.9 Å². The van der Waals surface area contributed by atoms with E-state index >= 15 is 0 Å². The Morgan fingerprint density at radius 3 is 2.48 bits per heavy atom. The van der Waals surface area contributed by atoms with E-state index in [0.29, 0.717) is 17.1 Å². The maximum atomic E-state index is 13.2. The molecule has 29 heavy (non-hydrogen) atoms. The summed E-state index contributed by atoms with van der Waals surface area (Å²) in [5.74, 6) is -0.932. The lowest BCUT2D eigenvalue weighted by Gasteiger charge is -2.18. The lowest BCUT2D eigenvalue weighted by atomic mass is 10.1. The number of thioether (sulfide) groups is 1. The van der Waals surface area contributed by atoms with Crippen molar-refractivity contribution in [2.24, 2.45) is 0 Å². The number of carbonyl (C=O) groups is 2. The summed E-state index contributed by atoms with van der Waals surface area (Å²) < 4.78 is 5.88. The number of anilines is 1. The Kier molecular flexibility index (Phi) is 7.01. The van der Waals surface area contributed by atoms with Gasteiger partial charge in [0, 0.05) is 15.2 Å². The second-order valence-corrected chi connectivity index (χ2v) is 8.64. The van der Waals surface area contributed by atoms with Gasteiger partial charge in [-0.3, -0.25) is 9.69 Å². The summed E-state index contributed by atoms with van der Waals surface area (Å²) in [6.07, 6.45) is 0.443. The number of rotatable bonds is 5. The molecule has 148 valence electrons. The Hall–Kier alpha value is -2.27. The van der Waals surface area contributed by atoms with Crippen LogP contribution in [0.1, 0.15) is 12.5 Å². The summed E-state index contributed by atoms with van der Waals surface area (Å²) in [6.45, 7) is 1.81. The predicted molar refractivity (Wildman–Crippen MR) is 117 cm³/mol. The first-order valence-electron chi connectivity index (χ1n) is 8.76. The summed E-state index contributed by atoms with van der Waals surface area (Å²) >= 11 is 10.5. The molecule has 1 aliphatic heterocycles. The van der Waals surface area contributed by atoms with E-state index < -0.39 is 11.2 Å². The first-order valence-corrected chi connectivity index (χ1v) is 10.8. The minimum absolute atomic E-state index is 0.141. The molecule has 0 saturated carbocycles. The van der Waals surface area contributed by atoms with Gasteiger partial charge in [-0.05, 0) is 55.3 Å². The van der Waals surface area contributed by atoms with Crippen molar-refractivity contribution < 1.29 is 14.3 Å². The van der Waals surface area contributed by atoms with Gasteiger partial charge < -0.3 is 4.74 Å². The minimum Gasteiger partial charge on any atom is -0.462 e. The molecule has 2 aromatic rings. The standard InChI is InChI=1S/C21H16BrClN2O3S/c1-2-28-21(27)17(12-24)20-25(16-9-5-14(22)6-10-16)19(26)18(29-20)11-13-3-7-15(23)8-4-13/h3-10,18H,2,11H2,1H3/b20-17-/t18-/m1/s1. The van der Waals surface area contributed by atoms with Crippen molar-refractivity contribution in [1.29, 1.82) is 5.26 Å². The summed E-state index contributed by atoms with van der Waals surface area (Å²) in [5.41, 5.74) is 1.34. The number of ether oxygens (including phenoxy) is 1. The third-order valence-corrected chi connectivity index (χ3v) is 6.22. The molecular formula is C21H16BrClN2O3S. The highest BCUT2D eigenvalue weighted by molar-refractivity contribution is 9.10. The molecule has 0 bridgehead atoms. The smallest absolute Gasteiger partial charge is 0.351 e. The molecule has 0 unspecified atom stereocenters. The Balaban J connectivity index is 2.02. The topological polar surface area (TPSA) is 70.4 Å². The number of benzene rings is 2. The van der Waals surface area contributed by atoms with Gasteiger partial charge in [0.2, 0.25) is 5.91 Å². The zero-order valence-corrected chi connectivity index (χ0v) is 18.6. The lowest BCUT2D eigenvalue weighted by Crippen LogP contribution is -2.30. The summed E-state index contributed by atoms with van der Waals surface area (Å²) in [5, 5.41) is 10.0. The second-order valence-electron chi connectivity index (χ2n) is 6.10. The zero-order valence-electron chi connectivity index (χ0n) is 15.4. The molecule has 1 amide bonds. The average molecular weight is 492 g/mol. The molecule has 1 heterocycles. The highest BCUT2D eigenvalue weighted by atomic mass is 79.9. The number of carbonyl (C=O) groups excluding carboxylic acids is 2. The summed E-state index contributed by atoms with van der Waals surface area (Å²) in [6, 6.07) is 16.3. The van der Waals surface area contributed by atoms with Gasteiger partial charge in [-0.25, -0.2) is 4.79 Å². The zero-order chi connectivity index (χ0) is 21.0. The number of amides is 1. The van der Waals surface area contributed by atoms with Crippen molar-refractivity contribution in [3.8, 4) is 6.07 Å². The van der Waals surface area contributed by atoms with Crippen molar-refractivity contribution in [2.45, 2.75) is 18.6 Å². The van der Waals surface area contributed by atoms with Crippen LogP contribution in [0, 0.1) is 11.3 Å². The first kappa shape index (κ1) is 21.4. The molecule has 1 saturated heterocycles. The number of esters is 1. The molecule has 1 fully saturated rings. The minimum atomic E-state index is -0.737. The number of hydrogen-bond acceptors (Lipinski definition) is 5. The third kappa shape index (κ3) is 4.84. The van der Waals surface area contributed by atoms with Gasteiger partial charge in [0.05, 0.1) is 11.9 Å². The van der Waals surface area contributed by atoms with Gasteiger partial charge >= 0.3 is 5.97 Å². The molecule has 8 heteroatoms. The Bertz CT molecular complexity index is 1000. The van der Waals surface area contributed by atoms with Crippen LogP contribution in [0.3, 0.4) is 0 Å². The molecule has 2 aromatic carbocycles. The van der Waals surface area contributed by atoms with Crippen molar-refractivity contribution in [3.05, 3.63) is 74.2 Å². The van der Waals surface area contributed by atoms with Crippen molar-refractivity contribution in [3.63, 3.8) is 0 Å². The molecule has 0 aromatic heterocycles. The largest absolute Gasteiger partial charge is 0.462 e. The number of hydrogen-bond donors (Lipinski definition) is 0. The quantitative estimate of drug-likeness (QED) is 0.331. The van der Waals surface area contributed by atoms with Crippen LogP contribution >= 0.6 is 39.3 Å². The second kappa shape index (κ2) is 9.49. The van der Waals surface area contributed by atoms with Gasteiger partial charge in [-0.2, -0.15) is 5.26 Å². The fraction of sp³-hybridized carbons (Fsp3) is 0.190. The van der Waals surface area contributed by atoms with Crippen LogP contribution in [0.4, 0.5) is 5.69 Å². The Labute approximate surface area is 186 Å². The van der Waals surface area contributed by atoms with Crippen LogP contribution in [-0.2, 0) is 20.7 Å². The van der Waals surface area contributed by atoms with E-state index in [-0.39, 0.29) is 23.1 Å². The van der Waals surface area contributed by atoms with Crippen LogP contribution in [0.15, 0.2) is 63.6 Å². The number of halogens is 2. The first-order chi connectivity index (χ1) is 13.9. The highest BCUT2D eigenvalue weighted by Crippen LogP contribution is 2.42. The van der Waals surface area contributed by atoms with Gasteiger partial charge in [0.25, 0.3) is 0 Å². The van der Waals surface area contributed by atoms with Gasteiger partial charge in [-0.15, -0.1) is 0 Å². The summed E-state index contributed by atoms with van der Waals surface area (Å²) in [4.78, 5) is 27.0. The maximum Gasteiger partial charge on any atom is 0.351 e. The fourth-order valence-electron chi connectivity index (χ4n) is 2.83. The van der Waals surface area contributed by atoms with E-state index in [1.807, 2.05) is 18.2 Å². The number of nitrogens with zero attached hydrogens (tertiary/aromatic N) is 2. The maximum absolute atomic E-state index is 13.2. The number of nitriles is 1. The molecule has 5 nitrogen and oxygen atoms in total. The normalized spacial score (nSPS) is 17.8. The molecule has 1 aliphatic rings. The molecule has 0 aliphatic carbocycles. The van der Waals surface area contributed by atoms with Gasteiger partial charge in [0.15, 0.2) is 5.57 Å². The lowest BCUT2D eigenvalue weighted by molar-refractivity contribution is -0.138. The van der Waals surface area contributed by atoms with Crippen LogP contribution in [-0.4, -0.2) is 23.7 Å². The summed E-state index contributed by atoms with van der Waals surface area (Å²) in [7, 11) is 0. The highest BCUT2D eigenvalue weighted by Gasteiger charge is 2.41. The molecule has 3 rings (SSSR count). The van der Waals surface area contributed by atoms with Gasteiger partial charge in [0.1, 0.15) is 11.1 Å². The molecule has 0 N–H and O–H groups in total. The fourth-order valence-corrected chi connectivity index (χ4v) is 4.52. The van der Waals surface area contributed by atoms with E-state index in [1.165, 1.54) is 16.7 Å². The van der Waals surface area contributed by atoms with Crippen LogP contribution < -0.4 is 4.90 Å². The monoisotopic (exact) mass is 490 g/mol. The van der Waals surface area contributed by atoms with E-state index in [1.54, 1.807) is 43.3 Å². The van der Waals surface area contributed by atoms with Crippen molar-refractivity contribution in [2.75, 3.05) is 11.5 Å². The Morgan fingerprint density at radius 1 is 1.24 bits per heavy atom. The van der Waals surface area contributed by atoms with E-state index in [0.717, 1.165) is 10.0 Å². The van der Waals surface area contributed by atoms with Crippen molar-refractivity contribution >= 4 is 56.9 Å². The third-order valence-electron chi connectivity index (χ3n) is 4.18. The van der Waals surface area contributed by atoms with Crippen LogP contribution in [0.25, 0.3) is 0 Å². The van der Waals surface area contributed by atoms with Crippen LogP contribution in [0.2, 0.25) is 5.02 Å². The predicted octanol–water partition coefficient (Wildman–Crippen LogP) is 5.09. The van der Waals surface area contributed by atoms with E-state index in [2.05, 4.69) is 15.9 Å². The van der Waals surface area contributed by atoms with Crippen molar-refractivity contribution in [1.82, 2.24) is 0 Å². The molecule has 0 radical (unpaired) electrons.